The van der Waals surface area contributed by atoms with Crippen LogP contribution in [0.3, 0.4) is 0 Å². The van der Waals surface area contributed by atoms with Crippen LogP contribution in [0.2, 0.25) is 0 Å². The van der Waals surface area contributed by atoms with Crippen molar-refractivity contribution < 1.29 is 9.13 Å². The molecule has 1 aromatic rings. The quantitative estimate of drug-likeness (QED) is 0.831. The van der Waals surface area contributed by atoms with Gasteiger partial charge in [0, 0.05) is 24.3 Å². The molecule has 0 radical (unpaired) electrons. The standard InChI is InChI=1S/C15H24FN3O/c1-3-17-11-12-6-8-18-15(14(12)16)20-10-7-13-5-4-9-19(13)2/h6,8,13,17H,3-5,7,9-11H2,1-2H3. The van der Waals surface area contributed by atoms with Gasteiger partial charge in [0.1, 0.15) is 0 Å². The molecule has 0 aromatic carbocycles. The Labute approximate surface area is 120 Å². The summed E-state index contributed by atoms with van der Waals surface area (Å²) in [6.07, 6.45) is 4.98. The van der Waals surface area contributed by atoms with Crippen molar-refractivity contribution in [1.29, 1.82) is 0 Å². The minimum absolute atomic E-state index is 0.126. The highest BCUT2D eigenvalue weighted by Gasteiger charge is 2.20. The molecule has 1 aliphatic rings. The molecule has 112 valence electrons. The molecule has 0 aliphatic carbocycles. The first-order chi connectivity index (χ1) is 9.72. The second-order valence-corrected chi connectivity index (χ2v) is 5.28. The average molecular weight is 281 g/mol. The molecule has 1 atom stereocenters. The fourth-order valence-electron chi connectivity index (χ4n) is 2.59. The average Bonchev–Trinajstić information content (AvgIpc) is 2.85. The minimum Gasteiger partial charge on any atom is -0.476 e. The molecule has 4 nitrogen and oxygen atoms in total. The van der Waals surface area contributed by atoms with Gasteiger partial charge in [0.15, 0.2) is 5.82 Å². The summed E-state index contributed by atoms with van der Waals surface area (Å²) in [5.41, 5.74) is 0.606. The van der Waals surface area contributed by atoms with Crippen LogP contribution >= 0.6 is 0 Å². The molecule has 0 spiro atoms. The lowest BCUT2D eigenvalue weighted by atomic mass is 10.1. The lowest BCUT2D eigenvalue weighted by Crippen LogP contribution is -2.26. The minimum atomic E-state index is -0.340. The third-order valence-electron chi connectivity index (χ3n) is 3.86. The molecule has 1 N–H and O–H groups in total. The Hall–Kier alpha value is -1.20. The number of ether oxygens (including phenoxy) is 1. The van der Waals surface area contributed by atoms with Crippen molar-refractivity contribution in [2.45, 2.75) is 38.8 Å². The SMILES string of the molecule is CCNCc1ccnc(OCCC2CCCN2C)c1F. The van der Waals surface area contributed by atoms with Gasteiger partial charge in [-0.1, -0.05) is 6.92 Å². The molecule has 0 amide bonds. The highest BCUT2D eigenvalue weighted by molar-refractivity contribution is 5.23. The Balaban J connectivity index is 1.85. The van der Waals surface area contributed by atoms with Gasteiger partial charge in [-0.05, 0) is 45.5 Å². The first kappa shape index (κ1) is 15.2. The summed E-state index contributed by atoms with van der Waals surface area (Å²) in [6, 6.07) is 2.25. The zero-order valence-electron chi connectivity index (χ0n) is 12.4. The number of halogens is 1. The smallest absolute Gasteiger partial charge is 0.250 e. The molecule has 1 fully saturated rings. The van der Waals surface area contributed by atoms with E-state index in [0.29, 0.717) is 24.8 Å². The number of hydrogen-bond donors (Lipinski definition) is 1. The van der Waals surface area contributed by atoms with Gasteiger partial charge in [-0.2, -0.15) is 0 Å². The van der Waals surface area contributed by atoms with E-state index in [0.717, 1.165) is 19.5 Å². The van der Waals surface area contributed by atoms with Crippen molar-refractivity contribution in [3.63, 3.8) is 0 Å². The van der Waals surface area contributed by atoms with Crippen molar-refractivity contribution in [3.05, 3.63) is 23.6 Å². The maximum atomic E-state index is 14.1. The fraction of sp³-hybridized carbons (Fsp3) is 0.667. The maximum Gasteiger partial charge on any atom is 0.250 e. The predicted octanol–water partition coefficient (Wildman–Crippen LogP) is 2.19. The van der Waals surface area contributed by atoms with Gasteiger partial charge < -0.3 is 15.0 Å². The number of likely N-dealkylation sites (tertiary alicyclic amines) is 1. The van der Waals surface area contributed by atoms with Crippen molar-refractivity contribution in [2.75, 3.05) is 26.7 Å². The summed E-state index contributed by atoms with van der Waals surface area (Å²) in [4.78, 5) is 6.33. The van der Waals surface area contributed by atoms with Crippen molar-refractivity contribution in [3.8, 4) is 5.88 Å². The van der Waals surface area contributed by atoms with E-state index in [1.165, 1.54) is 12.8 Å². The Morgan fingerprint density at radius 3 is 3.10 bits per heavy atom. The summed E-state index contributed by atoms with van der Waals surface area (Å²) >= 11 is 0. The van der Waals surface area contributed by atoms with Crippen LogP contribution in [0.4, 0.5) is 4.39 Å². The molecular formula is C15H24FN3O. The van der Waals surface area contributed by atoms with E-state index in [1.54, 1.807) is 12.3 Å². The monoisotopic (exact) mass is 281 g/mol. The van der Waals surface area contributed by atoms with E-state index in [1.807, 2.05) is 6.92 Å². The molecule has 20 heavy (non-hydrogen) atoms. The fourth-order valence-corrected chi connectivity index (χ4v) is 2.59. The third-order valence-corrected chi connectivity index (χ3v) is 3.86. The van der Waals surface area contributed by atoms with Crippen LogP contribution in [0.25, 0.3) is 0 Å². The molecule has 1 aliphatic heterocycles. The van der Waals surface area contributed by atoms with E-state index >= 15 is 0 Å². The molecule has 1 aromatic heterocycles. The van der Waals surface area contributed by atoms with E-state index in [4.69, 9.17) is 4.74 Å². The Morgan fingerprint density at radius 1 is 1.55 bits per heavy atom. The van der Waals surface area contributed by atoms with Crippen molar-refractivity contribution in [1.82, 2.24) is 15.2 Å². The van der Waals surface area contributed by atoms with E-state index in [-0.39, 0.29) is 11.7 Å². The third kappa shape index (κ3) is 3.90. The topological polar surface area (TPSA) is 37.4 Å². The van der Waals surface area contributed by atoms with Gasteiger partial charge >= 0.3 is 0 Å². The Morgan fingerprint density at radius 2 is 2.40 bits per heavy atom. The zero-order chi connectivity index (χ0) is 14.4. The zero-order valence-corrected chi connectivity index (χ0v) is 12.4. The van der Waals surface area contributed by atoms with Gasteiger partial charge in [-0.3, -0.25) is 0 Å². The number of rotatable bonds is 7. The number of pyridine rings is 1. The summed E-state index contributed by atoms with van der Waals surface area (Å²) in [7, 11) is 2.13. The summed E-state index contributed by atoms with van der Waals surface area (Å²) < 4.78 is 19.7. The van der Waals surface area contributed by atoms with Crippen LogP contribution in [0, 0.1) is 5.82 Å². The molecule has 1 saturated heterocycles. The Kier molecular flexibility index (Phi) is 5.73. The highest BCUT2D eigenvalue weighted by atomic mass is 19.1. The van der Waals surface area contributed by atoms with E-state index in [2.05, 4.69) is 22.2 Å². The van der Waals surface area contributed by atoms with Crippen molar-refractivity contribution in [2.24, 2.45) is 0 Å². The number of hydrogen-bond acceptors (Lipinski definition) is 4. The second-order valence-electron chi connectivity index (χ2n) is 5.28. The molecule has 0 bridgehead atoms. The van der Waals surface area contributed by atoms with E-state index < -0.39 is 0 Å². The first-order valence-corrected chi connectivity index (χ1v) is 7.39. The summed E-state index contributed by atoms with van der Waals surface area (Å²) in [6.45, 7) is 4.98. The second kappa shape index (κ2) is 7.55. The van der Waals surface area contributed by atoms with Crippen LogP contribution < -0.4 is 10.1 Å². The van der Waals surface area contributed by atoms with Crippen LogP contribution in [0.1, 0.15) is 31.7 Å². The predicted molar refractivity (Wildman–Crippen MR) is 77.3 cm³/mol. The van der Waals surface area contributed by atoms with Gasteiger partial charge in [0.2, 0.25) is 0 Å². The normalized spacial score (nSPS) is 19.4. The summed E-state index contributed by atoms with van der Waals surface area (Å²) in [5, 5.41) is 3.11. The highest BCUT2D eigenvalue weighted by Crippen LogP contribution is 2.20. The molecule has 2 rings (SSSR count). The van der Waals surface area contributed by atoms with Crippen LogP contribution in [0.5, 0.6) is 5.88 Å². The van der Waals surface area contributed by atoms with Crippen LogP contribution in [-0.2, 0) is 6.54 Å². The number of nitrogens with one attached hydrogen (secondary N) is 1. The van der Waals surface area contributed by atoms with Gasteiger partial charge in [0.05, 0.1) is 6.61 Å². The number of aromatic nitrogens is 1. The lowest BCUT2D eigenvalue weighted by Gasteiger charge is -2.19. The summed E-state index contributed by atoms with van der Waals surface area (Å²) in [5.74, 6) is -0.214. The molecular weight excluding hydrogens is 257 g/mol. The first-order valence-electron chi connectivity index (χ1n) is 7.39. The van der Waals surface area contributed by atoms with Crippen molar-refractivity contribution >= 4 is 0 Å². The molecule has 5 heteroatoms. The molecule has 0 saturated carbocycles. The van der Waals surface area contributed by atoms with Crippen LogP contribution in [0.15, 0.2) is 12.3 Å². The molecule has 1 unspecified atom stereocenters. The van der Waals surface area contributed by atoms with Gasteiger partial charge in [-0.15, -0.1) is 0 Å². The number of nitrogens with zero attached hydrogens (tertiary/aromatic N) is 2. The maximum absolute atomic E-state index is 14.1. The molecule has 2 heterocycles. The van der Waals surface area contributed by atoms with Crippen LogP contribution in [-0.4, -0.2) is 42.7 Å². The van der Waals surface area contributed by atoms with E-state index in [9.17, 15) is 4.39 Å². The largest absolute Gasteiger partial charge is 0.476 e. The Bertz CT molecular complexity index is 428. The lowest BCUT2D eigenvalue weighted by molar-refractivity contribution is 0.222. The van der Waals surface area contributed by atoms with Gasteiger partial charge in [0.25, 0.3) is 5.88 Å². The van der Waals surface area contributed by atoms with Gasteiger partial charge in [-0.25, -0.2) is 9.37 Å².